The van der Waals surface area contributed by atoms with E-state index in [1.807, 2.05) is 0 Å². The lowest BCUT2D eigenvalue weighted by atomic mass is 9.57. The topological polar surface area (TPSA) is 100 Å². The summed E-state index contributed by atoms with van der Waals surface area (Å²) >= 11 is 0. The van der Waals surface area contributed by atoms with Gasteiger partial charge in [0.1, 0.15) is 12.0 Å². The van der Waals surface area contributed by atoms with Gasteiger partial charge in [0.25, 0.3) is 0 Å². The zero-order valence-electron chi connectivity index (χ0n) is 16.7. The molecule has 2 aliphatic heterocycles. The molecular formula is C18H29N5O4S. The van der Waals surface area contributed by atoms with E-state index in [0.29, 0.717) is 49.9 Å². The van der Waals surface area contributed by atoms with Gasteiger partial charge in [0.05, 0.1) is 11.8 Å². The lowest BCUT2D eigenvalue weighted by Crippen LogP contribution is -2.68. The maximum atomic E-state index is 12.6. The number of sulfonamides is 1. The van der Waals surface area contributed by atoms with Crippen molar-refractivity contribution in [3.63, 3.8) is 0 Å². The third kappa shape index (κ3) is 3.42. The Labute approximate surface area is 166 Å². The minimum Gasteiger partial charge on any atom is -0.377 e. The Kier molecular flexibility index (Phi) is 5.13. The van der Waals surface area contributed by atoms with Crippen molar-refractivity contribution in [3.8, 4) is 0 Å². The zero-order valence-corrected chi connectivity index (χ0v) is 17.5. The monoisotopic (exact) mass is 411 g/mol. The summed E-state index contributed by atoms with van der Waals surface area (Å²) in [6.07, 6.45) is 2.79. The molecule has 9 nitrogen and oxygen atoms in total. The molecule has 1 N–H and O–H groups in total. The molecule has 156 valence electrons. The molecule has 1 aromatic heterocycles. The van der Waals surface area contributed by atoms with Crippen molar-refractivity contribution in [2.45, 2.75) is 38.2 Å². The van der Waals surface area contributed by atoms with E-state index in [4.69, 9.17) is 9.26 Å². The fourth-order valence-electron chi connectivity index (χ4n) is 4.82. The zero-order chi connectivity index (χ0) is 19.9. The van der Waals surface area contributed by atoms with E-state index >= 15 is 0 Å². The Hall–Kier alpha value is -1.65. The number of aliphatic imine (C=N–C) groups is 1. The van der Waals surface area contributed by atoms with Gasteiger partial charge in [0, 0.05) is 63.3 Å². The Bertz CT molecular complexity index is 815. The van der Waals surface area contributed by atoms with Gasteiger partial charge in [-0.2, -0.15) is 4.31 Å². The fraction of sp³-hybridized carbons (Fsp3) is 0.778. The number of hydrogen-bond acceptors (Lipinski definition) is 6. The Morgan fingerprint density at radius 1 is 1.36 bits per heavy atom. The first-order valence-electron chi connectivity index (χ1n) is 9.80. The van der Waals surface area contributed by atoms with Crippen LogP contribution in [0.3, 0.4) is 0 Å². The molecule has 3 unspecified atom stereocenters. The Balaban J connectivity index is 1.35. The van der Waals surface area contributed by atoms with Crippen LogP contribution in [-0.4, -0.2) is 80.7 Å². The normalized spacial score (nSPS) is 30.8. The van der Waals surface area contributed by atoms with E-state index in [0.717, 1.165) is 19.0 Å². The van der Waals surface area contributed by atoms with Gasteiger partial charge in [0.15, 0.2) is 5.96 Å². The average molecular weight is 412 g/mol. The van der Waals surface area contributed by atoms with Crippen LogP contribution in [0.1, 0.15) is 26.0 Å². The summed E-state index contributed by atoms with van der Waals surface area (Å²) in [6.45, 7) is 7.38. The molecule has 28 heavy (non-hydrogen) atoms. The van der Waals surface area contributed by atoms with Crippen LogP contribution in [-0.2, 0) is 20.5 Å². The molecule has 3 heterocycles. The number of hydrogen-bond donors (Lipinski definition) is 1. The first-order valence-corrected chi connectivity index (χ1v) is 11.4. The van der Waals surface area contributed by atoms with E-state index in [2.05, 4.69) is 34.2 Å². The van der Waals surface area contributed by atoms with Crippen LogP contribution in [0.4, 0.5) is 0 Å². The van der Waals surface area contributed by atoms with Crippen LogP contribution in [0.15, 0.2) is 21.8 Å². The second-order valence-corrected chi connectivity index (χ2v) is 10.3. The van der Waals surface area contributed by atoms with Crippen molar-refractivity contribution in [1.29, 1.82) is 0 Å². The summed E-state index contributed by atoms with van der Waals surface area (Å²) < 4.78 is 37.4. The van der Waals surface area contributed by atoms with Crippen LogP contribution in [0.25, 0.3) is 0 Å². The van der Waals surface area contributed by atoms with Gasteiger partial charge >= 0.3 is 0 Å². The number of fused-ring (bicyclic) bond motifs is 1. The van der Waals surface area contributed by atoms with E-state index in [1.165, 1.54) is 10.6 Å². The molecule has 0 spiro atoms. The predicted octanol–water partition coefficient (Wildman–Crippen LogP) is 0.511. The summed E-state index contributed by atoms with van der Waals surface area (Å²) in [6, 6.07) is 1.91. The van der Waals surface area contributed by atoms with Gasteiger partial charge < -0.3 is 19.5 Å². The van der Waals surface area contributed by atoms with Gasteiger partial charge in [0.2, 0.25) is 10.0 Å². The molecule has 1 saturated carbocycles. The molecule has 1 aliphatic carbocycles. The van der Waals surface area contributed by atoms with Crippen LogP contribution in [0, 0.1) is 11.3 Å². The Morgan fingerprint density at radius 2 is 2.11 bits per heavy atom. The number of ether oxygens (including phenoxy) is 1. The van der Waals surface area contributed by atoms with Gasteiger partial charge in [-0.25, -0.2) is 8.42 Å². The quantitative estimate of drug-likeness (QED) is 0.569. The highest BCUT2D eigenvalue weighted by atomic mass is 32.2. The highest BCUT2D eigenvalue weighted by Crippen LogP contribution is 2.52. The van der Waals surface area contributed by atoms with Crippen molar-refractivity contribution in [2.75, 3.05) is 39.8 Å². The molecule has 2 saturated heterocycles. The van der Waals surface area contributed by atoms with Crippen LogP contribution in [0.5, 0.6) is 0 Å². The highest BCUT2D eigenvalue weighted by Gasteiger charge is 2.59. The van der Waals surface area contributed by atoms with Crippen molar-refractivity contribution in [2.24, 2.45) is 16.3 Å². The molecule has 0 aromatic carbocycles. The number of aromatic nitrogens is 1. The first-order chi connectivity index (χ1) is 13.3. The molecule has 4 rings (SSSR count). The third-order valence-electron chi connectivity index (χ3n) is 6.35. The summed E-state index contributed by atoms with van der Waals surface area (Å²) in [5.41, 5.74) is 0.500. The summed E-state index contributed by atoms with van der Waals surface area (Å²) in [4.78, 5) is 6.60. The van der Waals surface area contributed by atoms with Crippen LogP contribution >= 0.6 is 0 Å². The summed E-state index contributed by atoms with van der Waals surface area (Å²) in [5, 5.41) is 7.34. The standard InChI is InChI=1S/C18H29N5O4S/c1-18(2)15(14-5-10-26-16(14)18)20-17(19-3)22-6-8-23(9-7-22)28(24,25)12-13-4-11-27-21-13/h4,11,14-16H,5-10,12H2,1-3H3,(H,19,20). The molecule has 0 amide bonds. The fourth-order valence-corrected chi connectivity index (χ4v) is 6.25. The SMILES string of the molecule is CN=C(NC1C2CCOC2C1(C)C)N1CCN(S(=O)(=O)Cc2ccon2)CC1. The van der Waals surface area contributed by atoms with Gasteiger partial charge in [-0.05, 0) is 6.42 Å². The molecule has 10 heteroatoms. The largest absolute Gasteiger partial charge is 0.377 e. The molecule has 0 radical (unpaired) electrons. The summed E-state index contributed by atoms with van der Waals surface area (Å²) in [5.74, 6) is 1.24. The second kappa shape index (κ2) is 7.31. The minimum atomic E-state index is -3.40. The van der Waals surface area contributed by atoms with Crippen molar-refractivity contribution in [1.82, 2.24) is 19.7 Å². The van der Waals surface area contributed by atoms with E-state index < -0.39 is 10.0 Å². The molecular weight excluding hydrogens is 382 g/mol. The maximum Gasteiger partial charge on any atom is 0.220 e. The average Bonchev–Trinajstić information content (AvgIpc) is 3.33. The van der Waals surface area contributed by atoms with Crippen molar-refractivity contribution in [3.05, 3.63) is 18.0 Å². The first kappa shape index (κ1) is 19.7. The van der Waals surface area contributed by atoms with Gasteiger partial charge in [-0.1, -0.05) is 19.0 Å². The van der Waals surface area contributed by atoms with Gasteiger partial charge in [-0.15, -0.1) is 0 Å². The summed E-state index contributed by atoms with van der Waals surface area (Å²) in [7, 11) is -1.62. The predicted molar refractivity (Wildman–Crippen MR) is 104 cm³/mol. The number of nitrogens with one attached hydrogen (secondary N) is 1. The Morgan fingerprint density at radius 3 is 2.75 bits per heavy atom. The maximum absolute atomic E-state index is 12.6. The van der Waals surface area contributed by atoms with E-state index in [-0.39, 0.29) is 11.2 Å². The molecule has 3 aliphatic rings. The number of guanidine groups is 1. The molecule has 1 aromatic rings. The third-order valence-corrected chi connectivity index (χ3v) is 8.16. The number of rotatable bonds is 4. The second-order valence-electron chi connectivity index (χ2n) is 8.37. The number of piperazine rings is 1. The van der Waals surface area contributed by atoms with Crippen LogP contribution in [0.2, 0.25) is 0 Å². The molecule has 0 bridgehead atoms. The lowest BCUT2D eigenvalue weighted by Gasteiger charge is -2.55. The van der Waals surface area contributed by atoms with Gasteiger partial charge in [-0.3, -0.25) is 4.99 Å². The van der Waals surface area contributed by atoms with E-state index in [1.54, 1.807) is 13.1 Å². The van der Waals surface area contributed by atoms with E-state index in [9.17, 15) is 8.42 Å². The lowest BCUT2D eigenvalue weighted by molar-refractivity contribution is -0.107. The highest BCUT2D eigenvalue weighted by molar-refractivity contribution is 7.88. The smallest absolute Gasteiger partial charge is 0.220 e. The minimum absolute atomic E-state index is 0.0693. The van der Waals surface area contributed by atoms with Crippen LogP contribution < -0.4 is 5.32 Å². The number of nitrogens with zero attached hydrogens (tertiary/aromatic N) is 4. The molecule has 3 atom stereocenters. The van der Waals surface area contributed by atoms with Crippen molar-refractivity contribution >= 4 is 16.0 Å². The molecule has 3 fully saturated rings. The van der Waals surface area contributed by atoms with Crippen molar-refractivity contribution < 1.29 is 17.7 Å².